The van der Waals surface area contributed by atoms with Gasteiger partial charge in [-0.2, -0.15) is 0 Å². The third-order valence-electron chi connectivity index (χ3n) is 6.07. The van der Waals surface area contributed by atoms with Crippen LogP contribution in [0.4, 0.5) is 0 Å². The number of carbonyl (C=O) groups is 1. The number of hydrogen-bond acceptors (Lipinski definition) is 7. The number of cyclic esters (lactones) is 1. The second-order valence-electron chi connectivity index (χ2n) is 7.96. The lowest BCUT2D eigenvalue weighted by atomic mass is 9.85. The van der Waals surface area contributed by atoms with E-state index >= 15 is 0 Å². The van der Waals surface area contributed by atoms with Gasteiger partial charge < -0.3 is 28.8 Å². The van der Waals surface area contributed by atoms with Crippen molar-refractivity contribution in [1.82, 2.24) is 0 Å². The highest BCUT2D eigenvalue weighted by molar-refractivity contribution is 5.73. The van der Waals surface area contributed by atoms with E-state index in [0.29, 0.717) is 19.4 Å². The minimum absolute atomic E-state index is 0.0357. The Morgan fingerprint density at radius 2 is 1.97 bits per heavy atom. The molecule has 1 N–H and O–H groups in total. The van der Waals surface area contributed by atoms with E-state index in [2.05, 4.69) is 0 Å². The number of aliphatic hydroxyl groups is 1. The summed E-state index contributed by atoms with van der Waals surface area (Å²) in [5, 5.41) is 10.1. The van der Waals surface area contributed by atoms with E-state index in [1.165, 1.54) is 0 Å². The zero-order valence-electron chi connectivity index (χ0n) is 17.6. The zero-order valence-corrected chi connectivity index (χ0v) is 17.6. The molecule has 2 saturated heterocycles. The Hall–Kier alpha value is -1.67. The van der Waals surface area contributed by atoms with E-state index in [0.717, 1.165) is 17.7 Å². The number of esters is 1. The van der Waals surface area contributed by atoms with Crippen molar-refractivity contribution < 1.29 is 33.6 Å². The highest BCUT2D eigenvalue weighted by atomic mass is 16.7. The van der Waals surface area contributed by atoms with Crippen LogP contribution >= 0.6 is 0 Å². The van der Waals surface area contributed by atoms with Crippen LogP contribution in [-0.4, -0.2) is 56.3 Å². The molecule has 0 radical (unpaired) electrons. The molecule has 0 spiro atoms. The third kappa shape index (κ3) is 5.28. The molecular weight excluding hydrogens is 376 g/mol. The molecule has 1 aromatic carbocycles. The Labute approximate surface area is 172 Å². The highest BCUT2D eigenvalue weighted by Crippen LogP contribution is 2.33. The van der Waals surface area contributed by atoms with Crippen LogP contribution in [0.5, 0.6) is 5.75 Å². The molecule has 0 unspecified atom stereocenters. The number of hydrogen-bond donors (Lipinski definition) is 1. The molecule has 0 aliphatic carbocycles. The quantitative estimate of drug-likeness (QED) is 0.695. The second kappa shape index (κ2) is 9.89. The number of rotatable bonds is 7. The first-order valence-electron chi connectivity index (χ1n) is 10.2. The van der Waals surface area contributed by atoms with Crippen molar-refractivity contribution in [3.63, 3.8) is 0 Å². The lowest BCUT2D eigenvalue weighted by Gasteiger charge is -2.38. The van der Waals surface area contributed by atoms with Gasteiger partial charge in [0.2, 0.25) is 0 Å². The minimum Gasteiger partial charge on any atom is -0.497 e. The average Bonchev–Trinajstić information content (AvgIpc) is 2.75. The van der Waals surface area contributed by atoms with Crippen LogP contribution in [0.1, 0.15) is 45.0 Å². The zero-order chi connectivity index (χ0) is 21.0. The van der Waals surface area contributed by atoms with Gasteiger partial charge in [-0.05, 0) is 25.5 Å². The Balaban J connectivity index is 1.60. The lowest BCUT2D eigenvalue weighted by molar-refractivity contribution is -0.226. The molecule has 7 nitrogen and oxygen atoms in total. The summed E-state index contributed by atoms with van der Waals surface area (Å²) in [6, 6.07) is 7.64. The summed E-state index contributed by atoms with van der Waals surface area (Å²) in [4.78, 5) is 12.0. The van der Waals surface area contributed by atoms with Crippen LogP contribution in [0.3, 0.4) is 0 Å². The average molecular weight is 408 g/mol. The Kier molecular flexibility index (Phi) is 7.51. The summed E-state index contributed by atoms with van der Waals surface area (Å²) >= 11 is 0. The van der Waals surface area contributed by atoms with Crippen LogP contribution in [0.25, 0.3) is 0 Å². The maximum absolute atomic E-state index is 12.0. The van der Waals surface area contributed by atoms with Gasteiger partial charge >= 0.3 is 5.97 Å². The summed E-state index contributed by atoms with van der Waals surface area (Å²) in [5.41, 5.74) is 0.941. The number of ether oxygens (including phenoxy) is 5. The smallest absolute Gasteiger partial charge is 0.311 e. The minimum atomic E-state index is -0.681. The molecule has 2 aliphatic heterocycles. The molecule has 0 aromatic heterocycles. The van der Waals surface area contributed by atoms with Crippen molar-refractivity contribution in [3.8, 4) is 5.75 Å². The predicted octanol–water partition coefficient (Wildman–Crippen LogP) is 2.85. The van der Waals surface area contributed by atoms with Gasteiger partial charge in [-0.1, -0.05) is 19.1 Å². The first-order chi connectivity index (χ1) is 13.9. The maximum Gasteiger partial charge on any atom is 0.311 e. The first kappa shape index (κ1) is 22.0. The Morgan fingerprint density at radius 3 is 2.59 bits per heavy atom. The Bertz CT molecular complexity index is 662. The van der Waals surface area contributed by atoms with Crippen molar-refractivity contribution in [1.29, 1.82) is 0 Å². The SMILES string of the molecule is COc1ccc([C@H]2OCC[C@@H](C[C@H](OC)[C@@H](C)[C@@H]3C[C@@H](O)[C@H](C)C(=O)O3)O2)cc1. The van der Waals surface area contributed by atoms with E-state index in [1.807, 2.05) is 31.2 Å². The summed E-state index contributed by atoms with van der Waals surface area (Å²) in [5.74, 6) is -0.106. The standard InChI is InChI=1S/C22H32O7/c1-13-18(23)12-20(29-21(13)24)14(2)19(26-4)11-17-9-10-27-22(28-17)15-5-7-16(25-3)8-6-15/h5-8,13-14,17-20,22-23H,9-12H2,1-4H3/t13-,14+,17-,18+,19-,20-,22-/m0/s1. The van der Waals surface area contributed by atoms with Crippen LogP contribution in [-0.2, 0) is 23.7 Å². The van der Waals surface area contributed by atoms with E-state index in [1.54, 1.807) is 21.1 Å². The second-order valence-corrected chi connectivity index (χ2v) is 7.96. The Morgan fingerprint density at radius 1 is 1.24 bits per heavy atom. The van der Waals surface area contributed by atoms with Gasteiger partial charge in [0.15, 0.2) is 6.29 Å². The summed E-state index contributed by atoms with van der Waals surface area (Å²) in [6.07, 6.45) is 0.186. The molecule has 2 aliphatic rings. The van der Waals surface area contributed by atoms with Gasteiger partial charge in [-0.25, -0.2) is 0 Å². The van der Waals surface area contributed by atoms with Gasteiger partial charge in [0.05, 0.1) is 37.9 Å². The molecule has 1 aromatic rings. The van der Waals surface area contributed by atoms with Crippen LogP contribution in [0.2, 0.25) is 0 Å². The fourth-order valence-electron chi connectivity index (χ4n) is 3.95. The van der Waals surface area contributed by atoms with Crippen LogP contribution in [0.15, 0.2) is 24.3 Å². The lowest BCUT2D eigenvalue weighted by Crippen LogP contribution is -2.46. The van der Waals surface area contributed by atoms with Crippen LogP contribution < -0.4 is 4.74 Å². The number of carbonyl (C=O) groups excluding carboxylic acids is 1. The molecule has 7 atom stereocenters. The highest BCUT2D eigenvalue weighted by Gasteiger charge is 2.40. The third-order valence-corrected chi connectivity index (χ3v) is 6.07. The van der Waals surface area contributed by atoms with E-state index in [4.69, 9.17) is 23.7 Å². The molecule has 7 heteroatoms. The fourth-order valence-corrected chi connectivity index (χ4v) is 3.95. The van der Waals surface area contributed by atoms with Gasteiger partial charge in [-0.15, -0.1) is 0 Å². The molecule has 0 bridgehead atoms. The van der Waals surface area contributed by atoms with E-state index < -0.39 is 18.3 Å². The van der Waals surface area contributed by atoms with E-state index in [9.17, 15) is 9.90 Å². The topological polar surface area (TPSA) is 83.5 Å². The van der Waals surface area contributed by atoms with Crippen LogP contribution in [0, 0.1) is 11.8 Å². The molecule has 29 heavy (non-hydrogen) atoms. The normalized spacial score (nSPS) is 32.3. The summed E-state index contributed by atoms with van der Waals surface area (Å²) < 4.78 is 28.5. The van der Waals surface area contributed by atoms with Crippen molar-refractivity contribution in [2.45, 2.75) is 63.8 Å². The molecule has 3 rings (SSSR count). The van der Waals surface area contributed by atoms with E-state index in [-0.39, 0.29) is 30.2 Å². The largest absolute Gasteiger partial charge is 0.497 e. The number of benzene rings is 1. The number of methoxy groups -OCH3 is 2. The molecular formula is C22H32O7. The van der Waals surface area contributed by atoms with Gasteiger partial charge in [0.1, 0.15) is 11.9 Å². The van der Waals surface area contributed by atoms with Gasteiger partial charge in [0.25, 0.3) is 0 Å². The van der Waals surface area contributed by atoms with Crippen molar-refractivity contribution in [2.75, 3.05) is 20.8 Å². The molecule has 0 saturated carbocycles. The summed E-state index contributed by atoms with van der Waals surface area (Å²) in [7, 11) is 3.29. The van der Waals surface area contributed by atoms with Gasteiger partial charge in [0, 0.05) is 31.4 Å². The predicted molar refractivity (Wildman–Crippen MR) is 105 cm³/mol. The molecule has 0 amide bonds. The molecule has 2 fully saturated rings. The number of aliphatic hydroxyl groups excluding tert-OH is 1. The molecule has 162 valence electrons. The van der Waals surface area contributed by atoms with Crippen molar-refractivity contribution in [3.05, 3.63) is 29.8 Å². The van der Waals surface area contributed by atoms with Gasteiger partial charge in [-0.3, -0.25) is 4.79 Å². The monoisotopic (exact) mass is 408 g/mol. The van der Waals surface area contributed by atoms with Crippen molar-refractivity contribution >= 4 is 5.97 Å². The fraction of sp³-hybridized carbons (Fsp3) is 0.682. The first-order valence-corrected chi connectivity index (χ1v) is 10.2. The maximum atomic E-state index is 12.0. The molecule has 2 heterocycles. The van der Waals surface area contributed by atoms with Crippen molar-refractivity contribution in [2.24, 2.45) is 11.8 Å². The summed E-state index contributed by atoms with van der Waals surface area (Å²) in [6.45, 7) is 4.28.